The van der Waals surface area contributed by atoms with Gasteiger partial charge in [0.15, 0.2) is 5.79 Å². The van der Waals surface area contributed by atoms with Crippen LogP contribution < -0.4 is 5.32 Å². The van der Waals surface area contributed by atoms with Gasteiger partial charge in [0.25, 0.3) is 0 Å². The van der Waals surface area contributed by atoms with Crippen LogP contribution in [0.15, 0.2) is 70.8 Å². The molecule has 5 heterocycles. The number of methoxy groups -OCH3 is 1. The van der Waals surface area contributed by atoms with Gasteiger partial charge in [0.05, 0.1) is 50.9 Å². The van der Waals surface area contributed by atoms with E-state index in [1.165, 1.54) is 25.3 Å². The summed E-state index contributed by atoms with van der Waals surface area (Å²) in [6.45, 7) is 5.54. The molecule has 57 heavy (non-hydrogen) atoms. The van der Waals surface area contributed by atoms with E-state index in [2.05, 4.69) is 10.3 Å². The fourth-order valence-electron chi connectivity index (χ4n) is 9.36. The van der Waals surface area contributed by atoms with Crippen LogP contribution in [0.1, 0.15) is 68.2 Å². The fraction of sp³-hybridized carbons (Fsp3) is 0.455. The van der Waals surface area contributed by atoms with Crippen molar-refractivity contribution >= 4 is 34.6 Å². The van der Waals surface area contributed by atoms with Crippen LogP contribution in [0.25, 0.3) is 27.8 Å². The smallest absolute Gasteiger partial charge is 0.340 e. The lowest BCUT2D eigenvalue weighted by atomic mass is 9.78. The molecule has 0 bridgehead atoms. The molecular formula is C44H44F4N4O5. The molecule has 1 N–H and O–H groups in total. The van der Waals surface area contributed by atoms with Crippen molar-refractivity contribution in [3.8, 4) is 22.3 Å². The predicted molar refractivity (Wildman–Crippen MR) is 207 cm³/mol. The Labute approximate surface area is 328 Å². The molecule has 298 valence electrons. The molecule has 5 aliphatic heterocycles. The number of nitrogens with zero attached hydrogens (tertiary/aromatic N) is 3. The quantitative estimate of drug-likeness (QED) is 0.184. The number of alkyl halides is 4. The number of carbonyl (C=O) groups is 2. The molecule has 1 amide bonds. The Morgan fingerprint density at radius 3 is 2.25 bits per heavy atom. The molecule has 3 aromatic rings. The summed E-state index contributed by atoms with van der Waals surface area (Å²) >= 11 is 0. The summed E-state index contributed by atoms with van der Waals surface area (Å²) in [6.07, 6.45) is 4.72. The molecule has 0 aromatic heterocycles. The molecular weight excluding hydrogens is 740 g/mol. The third-order valence-corrected chi connectivity index (χ3v) is 12.5. The van der Waals surface area contributed by atoms with Crippen LogP contribution >= 0.6 is 0 Å². The van der Waals surface area contributed by atoms with E-state index in [0.29, 0.717) is 54.0 Å². The first-order chi connectivity index (χ1) is 27.3. The lowest BCUT2D eigenvalue weighted by Gasteiger charge is -2.35. The first-order valence-corrected chi connectivity index (χ1v) is 19.7. The number of allylic oxidation sites excluding steroid dienone is 1. The molecule has 3 atom stereocenters. The van der Waals surface area contributed by atoms with Crippen molar-refractivity contribution in [1.82, 2.24) is 10.2 Å². The van der Waals surface area contributed by atoms with Gasteiger partial charge in [-0.1, -0.05) is 44.2 Å². The van der Waals surface area contributed by atoms with Gasteiger partial charge in [-0.2, -0.15) is 17.6 Å². The van der Waals surface area contributed by atoms with Crippen LogP contribution in [0.2, 0.25) is 0 Å². The van der Waals surface area contributed by atoms with Gasteiger partial charge in [-0.25, -0.2) is 0 Å². The second kappa shape index (κ2) is 14.0. The van der Waals surface area contributed by atoms with E-state index in [-0.39, 0.29) is 48.4 Å². The highest BCUT2D eigenvalue weighted by molar-refractivity contribution is 6.04. The Bertz CT molecular complexity index is 2260. The lowest BCUT2D eigenvalue weighted by Crippen LogP contribution is -2.46. The van der Waals surface area contributed by atoms with Crippen molar-refractivity contribution in [1.29, 1.82) is 0 Å². The Kier molecular flexibility index (Phi) is 9.28. The van der Waals surface area contributed by atoms with Crippen molar-refractivity contribution in [3.05, 3.63) is 83.1 Å². The maximum absolute atomic E-state index is 16.2. The van der Waals surface area contributed by atoms with Gasteiger partial charge in [0.2, 0.25) is 5.91 Å². The Morgan fingerprint density at radius 1 is 0.912 bits per heavy atom. The van der Waals surface area contributed by atoms with E-state index in [9.17, 15) is 9.59 Å². The minimum atomic E-state index is -4.51. The summed E-state index contributed by atoms with van der Waals surface area (Å²) < 4.78 is 81.5. The van der Waals surface area contributed by atoms with Crippen LogP contribution in [0.5, 0.6) is 0 Å². The highest BCUT2D eigenvalue weighted by Gasteiger charge is 2.63. The average molecular weight is 785 g/mol. The molecule has 9 nitrogen and oxygen atoms in total. The van der Waals surface area contributed by atoms with Gasteiger partial charge in [0.1, 0.15) is 0 Å². The second-order valence-electron chi connectivity index (χ2n) is 16.3. The van der Waals surface area contributed by atoms with Crippen molar-refractivity contribution in [3.63, 3.8) is 0 Å². The predicted octanol–water partition coefficient (Wildman–Crippen LogP) is 7.96. The lowest BCUT2D eigenvalue weighted by molar-refractivity contribution is -0.225. The summed E-state index contributed by atoms with van der Waals surface area (Å²) in [5.74, 6) is -11.6. The van der Waals surface area contributed by atoms with Crippen LogP contribution in [-0.4, -0.2) is 79.5 Å². The fourth-order valence-corrected chi connectivity index (χ4v) is 9.36. The summed E-state index contributed by atoms with van der Waals surface area (Å²) in [4.78, 5) is 37.4. The number of hydrogen-bond acceptors (Lipinski definition) is 8. The van der Waals surface area contributed by atoms with Crippen molar-refractivity contribution < 1.29 is 41.4 Å². The zero-order valence-corrected chi connectivity index (χ0v) is 32.0. The SMILES string of the molecule is COC(=O)C[C@H](C(=O)N1CC2(C[C@H]1C1=NC=C(c3ccc4c(c3)C(F)(F)C(F)(F)c3cc(-c5ccc6c(c5)CC([C@@H]5CCCN5)=N6)ccc3-4)C1)OCCO2)C(C)C. The number of aliphatic imine (C=N–C) groups is 2. The van der Waals surface area contributed by atoms with E-state index < -0.39 is 46.7 Å². The molecule has 3 aromatic carbocycles. The Morgan fingerprint density at radius 2 is 1.58 bits per heavy atom. The van der Waals surface area contributed by atoms with Gasteiger partial charge in [-0.15, -0.1) is 0 Å². The van der Waals surface area contributed by atoms with Gasteiger partial charge < -0.3 is 24.4 Å². The zero-order valence-electron chi connectivity index (χ0n) is 32.0. The molecule has 0 radical (unpaired) electrons. The summed E-state index contributed by atoms with van der Waals surface area (Å²) in [6, 6.07) is 14.0. The van der Waals surface area contributed by atoms with Crippen LogP contribution in [0.3, 0.4) is 0 Å². The molecule has 3 fully saturated rings. The number of ether oxygens (including phenoxy) is 3. The monoisotopic (exact) mass is 784 g/mol. The number of amides is 1. The topological polar surface area (TPSA) is 102 Å². The highest BCUT2D eigenvalue weighted by atomic mass is 19.3. The normalized spacial score (nSPS) is 24.2. The standard InChI is InChI=1S/C44H44F4N4O5/c1-24(2)32(20-40(53)55-3)41(54)52-23-42(56-13-14-57-42)21-39(52)38-19-29(22-50-38)27-7-10-31-30-9-6-26(16-33(30)43(45,46)44(47,48)34(31)17-27)25-8-11-35-28(15-25)18-37(51-35)36-5-4-12-49-36/h6-11,15-17,22,24,32,36,39,49H,4-5,12-14,18-21,23H2,1-3H3/t32-,36-,39-/m0/s1. The van der Waals surface area contributed by atoms with E-state index in [0.717, 1.165) is 42.4 Å². The number of nitrogens with one attached hydrogen (secondary N) is 1. The highest BCUT2D eigenvalue weighted by Crippen LogP contribution is 2.59. The molecule has 13 heteroatoms. The van der Waals surface area contributed by atoms with E-state index in [4.69, 9.17) is 19.2 Å². The van der Waals surface area contributed by atoms with Crippen LogP contribution in [0.4, 0.5) is 23.2 Å². The third-order valence-electron chi connectivity index (χ3n) is 12.5. The van der Waals surface area contributed by atoms with Gasteiger partial charge >= 0.3 is 17.8 Å². The van der Waals surface area contributed by atoms with Crippen LogP contribution in [-0.2, 0) is 42.1 Å². The van der Waals surface area contributed by atoms with Crippen molar-refractivity contribution in [2.24, 2.45) is 21.8 Å². The molecule has 9 rings (SSSR count). The summed E-state index contributed by atoms with van der Waals surface area (Å²) in [5, 5.41) is 3.47. The van der Waals surface area contributed by atoms with Gasteiger partial charge in [0, 0.05) is 54.1 Å². The van der Waals surface area contributed by atoms with E-state index >= 15 is 17.6 Å². The first-order valence-electron chi connectivity index (χ1n) is 19.7. The summed E-state index contributed by atoms with van der Waals surface area (Å²) in [5.41, 5.74) is 4.10. The first kappa shape index (κ1) is 37.8. The van der Waals surface area contributed by atoms with Crippen LogP contribution in [0, 0.1) is 11.8 Å². The molecule has 0 unspecified atom stereocenters. The average Bonchev–Trinajstić information content (AvgIpc) is 4.06. The van der Waals surface area contributed by atoms with E-state index in [1.807, 2.05) is 26.0 Å². The minimum Gasteiger partial charge on any atom is -0.469 e. The molecule has 0 saturated carbocycles. The van der Waals surface area contributed by atoms with Crippen molar-refractivity contribution in [2.45, 2.75) is 82.1 Å². The van der Waals surface area contributed by atoms with Crippen molar-refractivity contribution in [2.75, 3.05) is 33.4 Å². The largest absolute Gasteiger partial charge is 0.469 e. The third kappa shape index (κ3) is 6.33. The number of likely N-dealkylation sites (tertiary alicyclic amines) is 1. The number of benzene rings is 3. The minimum absolute atomic E-state index is 0.0439. The summed E-state index contributed by atoms with van der Waals surface area (Å²) in [7, 11) is 1.28. The van der Waals surface area contributed by atoms with Gasteiger partial charge in [-0.3, -0.25) is 19.6 Å². The number of rotatable bonds is 8. The maximum atomic E-state index is 16.2. The number of halogens is 4. The number of carbonyl (C=O) groups excluding carboxylic acids is 2. The molecule has 1 spiro atoms. The second-order valence-corrected chi connectivity index (χ2v) is 16.3. The maximum Gasteiger partial charge on any atom is 0.340 e. The number of hydrogen-bond donors (Lipinski definition) is 1. The molecule has 1 aliphatic carbocycles. The zero-order chi connectivity index (χ0) is 39.9. The Hall–Kier alpha value is -4.72. The number of esters is 1. The molecule has 3 saturated heterocycles. The molecule has 6 aliphatic rings. The van der Waals surface area contributed by atoms with E-state index in [1.54, 1.807) is 29.3 Å². The Balaban J connectivity index is 0.975. The number of fused-ring (bicyclic) bond motifs is 4. The van der Waals surface area contributed by atoms with Gasteiger partial charge in [-0.05, 0) is 88.5 Å².